The molecule has 5 nitrogen and oxygen atoms in total. The number of carbonyl (C=O) groups excluding carboxylic acids is 1. The summed E-state index contributed by atoms with van der Waals surface area (Å²) in [5, 5.41) is 3.89. The minimum absolute atomic E-state index is 0.0582. The van der Waals surface area contributed by atoms with E-state index in [1.165, 1.54) is 16.6 Å². The van der Waals surface area contributed by atoms with Crippen molar-refractivity contribution in [3.8, 4) is 18.0 Å². The topological polar surface area (TPSA) is 64.0 Å². The number of aromatic nitrogens is 2. The van der Waals surface area contributed by atoms with E-state index in [0.717, 1.165) is 40.7 Å². The summed E-state index contributed by atoms with van der Waals surface area (Å²) in [6, 6.07) is 9.44. The summed E-state index contributed by atoms with van der Waals surface area (Å²) in [6.07, 6.45) is 8.21. The zero-order valence-electron chi connectivity index (χ0n) is 14.5. The lowest BCUT2D eigenvalue weighted by atomic mass is 10.2. The number of hydrogen-bond acceptors (Lipinski definition) is 5. The molecule has 3 aromatic rings. The fourth-order valence-corrected chi connectivity index (χ4v) is 5.40. The van der Waals surface area contributed by atoms with Gasteiger partial charge in [0.05, 0.1) is 23.4 Å². The highest BCUT2D eigenvalue weighted by Crippen LogP contribution is 2.36. The minimum atomic E-state index is -0.180. The van der Waals surface area contributed by atoms with E-state index >= 15 is 0 Å². The lowest BCUT2D eigenvalue weighted by Crippen LogP contribution is -2.26. The first kappa shape index (κ1) is 17.8. The number of terminal acetylenes is 1. The third-order valence-corrected chi connectivity index (χ3v) is 6.57. The Labute approximate surface area is 164 Å². The molecule has 0 aliphatic heterocycles. The van der Waals surface area contributed by atoms with Crippen LogP contribution in [0.25, 0.3) is 15.9 Å². The molecular formula is C20H17N3O2S2. The molecular weight excluding hydrogens is 378 g/mol. The van der Waals surface area contributed by atoms with E-state index in [1.54, 1.807) is 15.9 Å². The van der Waals surface area contributed by atoms with Crippen LogP contribution in [-0.2, 0) is 17.6 Å². The quantitative estimate of drug-likeness (QED) is 0.410. The lowest BCUT2D eigenvalue weighted by molar-refractivity contribution is -0.118. The number of aryl methyl sites for hydroxylation is 2. The van der Waals surface area contributed by atoms with Crippen molar-refractivity contribution in [1.82, 2.24) is 14.9 Å². The first-order valence-electron chi connectivity index (χ1n) is 8.64. The molecule has 27 heavy (non-hydrogen) atoms. The highest BCUT2D eigenvalue weighted by Gasteiger charge is 2.24. The first-order chi connectivity index (χ1) is 13.2. The number of nitrogens with one attached hydrogen (secondary N) is 1. The Balaban J connectivity index is 1.81. The highest BCUT2D eigenvalue weighted by molar-refractivity contribution is 7.99. The lowest BCUT2D eigenvalue weighted by Gasteiger charge is -2.12. The van der Waals surface area contributed by atoms with Crippen molar-refractivity contribution in [3.63, 3.8) is 0 Å². The average molecular weight is 396 g/mol. The van der Waals surface area contributed by atoms with Crippen molar-refractivity contribution in [2.75, 3.05) is 12.3 Å². The summed E-state index contributed by atoms with van der Waals surface area (Å²) in [5.41, 5.74) is 1.85. The Morgan fingerprint density at radius 1 is 1.33 bits per heavy atom. The van der Waals surface area contributed by atoms with Crippen molar-refractivity contribution in [1.29, 1.82) is 0 Å². The smallest absolute Gasteiger partial charge is 0.267 e. The van der Waals surface area contributed by atoms with Crippen LogP contribution in [0.3, 0.4) is 0 Å². The van der Waals surface area contributed by atoms with Gasteiger partial charge in [-0.2, -0.15) is 0 Å². The van der Waals surface area contributed by atoms with E-state index in [4.69, 9.17) is 11.4 Å². The monoisotopic (exact) mass is 395 g/mol. The molecule has 0 bridgehead atoms. The number of hydrogen-bond donors (Lipinski definition) is 1. The Morgan fingerprint density at radius 3 is 2.93 bits per heavy atom. The Bertz CT molecular complexity index is 1110. The maximum absolute atomic E-state index is 13.4. The number of rotatable bonds is 5. The molecule has 4 rings (SSSR count). The molecule has 1 aliphatic carbocycles. The van der Waals surface area contributed by atoms with Crippen LogP contribution in [-0.4, -0.2) is 27.8 Å². The van der Waals surface area contributed by atoms with Gasteiger partial charge in [0.15, 0.2) is 5.16 Å². The normalized spacial score (nSPS) is 12.7. The summed E-state index contributed by atoms with van der Waals surface area (Å²) in [5.74, 6) is 2.35. The van der Waals surface area contributed by atoms with Gasteiger partial charge in [-0.05, 0) is 37.0 Å². The number of carbonyl (C=O) groups is 1. The predicted molar refractivity (Wildman–Crippen MR) is 110 cm³/mol. The molecule has 136 valence electrons. The van der Waals surface area contributed by atoms with E-state index in [0.29, 0.717) is 5.16 Å². The molecule has 1 amide bonds. The van der Waals surface area contributed by atoms with Crippen molar-refractivity contribution in [3.05, 3.63) is 51.1 Å². The van der Waals surface area contributed by atoms with Crippen LogP contribution in [0.5, 0.6) is 0 Å². The highest BCUT2D eigenvalue weighted by atomic mass is 32.2. The van der Waals surface area contributed by atoms with Gasteiger partial charge in [0, 0.05) is 4.88 Å². The molecule has 0 spiro atoms. The Morgan fingerprint density at radius 2 is 2.15 bits per heavy atom. The summed E-state index contributed by atoms with van der Waals surface area (Å²) in [4.78, 5) is 32.1. The molecule has 0 radical (unpaired) electrons. The number of benzene rings is 1. The number of thioether (sulfide) groups is 1. The van der Waals surface area contributed by atoms with Crippen molar-refractivity contribution >= 4 is 39.2 Å². The predicted octanol–water partition coefficient (Wildman–Crippen LogP) is 2.78. The van der Waals surface area contributed by atoms with E-state index in [1.807, 2.05) is 30.3 Å². The van der Waals surface area contributed by atoms with Crippen LogP contribution in [0, 0.1) is 12.3 Å². The van der Waals surface area contributed by atoms with Gasteiger partial charge >= 0.3 is 0 Å². The molecule has 2 aromatic heterocycles. The first-order valence-corrected chi connectivity index (χ1v) is 10.4. The van der Waals surface area contributed by atoms with E-state index in [9.17, 15) is 9.59 Å². The van der Waals surface area contributed by atoms with Gasteiger partial charge in [-0.15, -0.1) is 17.8 Å². The average Bonchev–Trinajstić information content (AvgIpc) is 3.26. The standard InChI is InChI=1S/C20H17N3O2S2/c1-2-11-21-16(24)12-26-20-22-18-17(14-9-6-10-15(14)27-18)19(25)23(20)13-7-4-3-5-8-13/h1,3-5,7-8H,6,9-12H2,(H,21,24). The second-order valence-electron chi connectivity index (χ2n) is 6.18. The maximum atomic E-state index is 13.4. The zero-order chi connectivity index (χ0) is 18.8. The molecule has 7 heteroatoms. The van der Waals surface area contributed by atoms with Crippen LogP contribution in [0.2, 0.25) is 0 Å². The molecule has 1 N–H and O–H groups in total. The molecule has 0 unspecified atom stereocenters. The maximum Gasteiger partial charge on any atom is 0.267 e. The molecule has 0 fully saturated rings. The Hall–Kier alpha value is -2.56. The summed E-state index contributed by atoms with van der Waals surface area (Å²) < 4.78 is 1.62. The molecule has 2 heterocycles. The third-order valence-electron chi connectivity index (χ3n) is 4.44. The number of para-hydroxylation sites is 1. The molecule has 0 atom stereocenters. The molecule has 0 saturated carbocycles. The second-order valence-corrected chi connectivity index (χ2v) is 8.20. The zero-order valence-corrected chi connectivity index (χ0v) is 16.2. The molecule has 0 saturated heterocycles. The van der Waals surface area contributed by atoms with Gasteiger partial charge in [0.25, 0.3) is 5.56 Å². The summed E-state index contributed by atoms with van der Waals surface area (Å²) in [6.45, 7) is 0.189. The van der Waals surface area contributed by atoms with Crippen LogP contribution in [0.4, 0.5) is 0 Å². The van der Waals surface area contributed by atoms with Gasteiger partial charge < -0.3 is 5.32 Å². The minimum Gasteiger partial charge on any atom is -0.344 e. The Kier molecular flexibility index (Phi) is 5.01. The summed E-state index contributed by atoms with van der Waals surface area (Å²) in [7, 11) is 0. The number of amides is 1. The van der Waals surface area contributed by atoms with Gasteiger partial charge in [-0.3, -0.25) is 14.2 Å². The fourth-order valence-electron chi connectivity index (χ4n) is 3.26. The summed E-state index contributed by atoms with van der Waals surface area (Å²) >= 11 is 2.85. The van der Waals surface area contributed by atoms with Crippen LogP contribution in [0.15, 0.2) is 40.3 Å². The van der Waals surface area contributed by atoms with Gasteiger partial charge in [0.2, 0.25) is 5.91 Å². The van der Waals surface area contributed by atoms with E-state index in [-0.39, 0.29) is 23.8 Å². The second kappa shape index (κ2) is 7.59. The number of thiophene rings is 1. The third kappa shape index (κ3) is 3.38. The largest absolute Gasteiger partial charge is 0.344 e. The van der Waals surface area contributed by atoms with Crippen molar-refractivity contribution in [2.45, 2.75) is 24.4 Å². The van der Waals surface area contributed by atoms with Crippen LogP contribution >= 0.6 is 23.1 Å². The van der Waals surface area contributed by atoms with Crippen molar-refractivity contribution < 1.29 is 4.79 Å². The molecule has 1 aliphatic rings. The van der Waals surface area contributed by atoms with Crippen molar-refractivity contribution in [2.24, 2.45) is 0 Å². The number of nitrogens with zero attached hydrogens (tertiary/aromatic N) is 2. The molecule has 1 aromatic carbocycles. The van der Waals surface area contributed by atoms with E-state index in [2.05, 4.69) is 11.2 Å². The van der Waals surface area contributed by atoms with E-state index < -0.39 is 0 Å². The SMILES string of the molecule is C#CCNC(=O)CSc1nc2sc3c(c2c(=O)n1-c1ccccc1)CCC3. The van der Waals surface area contributed by atoms with Gasteiger partial charge in [-0.25, -0.2) is 4.98 Å². The van der Waals surface area contributed by atoms with Crippen LogP contribution < -0.4 is 10.9 Å². The van der Waals surface area contributed by atoms with Gasteiger partial charge in [0.1, 0.15) is 4.83 Å². The van der Waals surface area contributed by atoms with Crippen LogP contribution in [0.1, 0.15) is 16.9 Å². The van der Waals surface area contributed by atoms with Gasteiger partial charge in [-0.1, -0.05) is 35.9 Å². The fraction of sp³-hybridized carbons (Fsp3) is 0.250. The number of fused-ring (bicyclic) bond motifs is 3.